The van der Waals surface area contributed by atoms with Crippen molar-refractivity contribution in [3.63, 3.8) is 0 Å². The van der Waals surface area contributed by atoms with Gasteiger partial charge in [-0.1, -0.05) is 12.8 Å². The van der Waals surface area contributed by atoms with Crippen molar-refractivity contribution < 1.29 is 9.90 Å². The maximum atomic E-state index is 13.1. The van der Waals surface area contributed by atoms with Crippen LogP contribution in [0.1, 0.15) is 62.2 Å². The Kier molecular flexibility index (Phi) is 4.72. The molecule has 0 bridgehead atoms. The average Bonchev–Trinajstić information content (AvgIpc) is 2.97. The molecule has 2 saturated heterocycles. The molecule has 25 heavy (non-hydrogen) atoms. The molecule has 4 heteroatoms. The van der Waals surface area contributed by atoms with E-state index < -0.39 is 0 Å². The Labute approximate surface area is 150 Å². The molecule has 3 unspecified atom stereocenters. The van der Waals surface area contributed by atoms with Crippen LogP contribution in [0.4, 0.5) is 5.69 Å². The number of benzene rings is 1. The molecule has 2 aliphatic heterocycles. The first kappa shape index (κ1) is 16.9. The number of anilines is 1. The zero-order valence-electron chi connectivity index (χ0n) is 15.2. The summed E-state index contributed by atoms with van der Waals surface area (Å²) in [5.41, 5.74) is 1.98. The number of aliphatic hydroxyl groups is 1. The molecule has 1 aromatic carbocycles. The number of fused-ring (bicyclic) bond motifs is 1. The van der Waals surface area contributed by atoms with Gasteiger partial charge in [0, 0.05) is 36.4 Å². The van der Waals surface area contributed by atoms with E-state index in [9.17, 15) is 9.90 Å². The van der Waals surface area contributed by atoms with Gasteiger partial charge in [0.1, 0.15) is 0 Å². The molecule has 1 aromatic rings. The maximum absolute atomic E-state index is 13.1. The van der Waals surface area contributed by atoms with Crippen LogP contribution in [-0.2, 0) is 0 Å². The number of likely N-dealkylation sites (tertiary alicyclic amines) is 1. The highest BCUT2D eigenvalue weighted by Crippen LogP contribution is 2.40. The van der Waals surface area contributed by atoms with Crippen LogP contribution >= 0.6 is 0 Å². The van der Waals surface area contributed by atoms with Crippen molar-refractivity contribution >= 4 is 11.6 Å². The van der Waals surface area contributed by atoms with Gasteiger partial charge < -0.3 is 14.9 Å². The molecule has 0 radical (unpaired) electrons. The lowest BCUT2D eigenvalue weighted by molar-refractivity contribution is 0.0633. The highest BCUT2D eigenvalue weighted by atomic mass is 16.3. The molecule has 0 aromatic heterocycles. The van der Waals surface area contributed by atoms with Crippen molar-refractivity contribution in [3.8, 4) is 0 Å². The molecule has 136 valence electrons. The summed E-state index contributed by atoms with van der Waals surface area (Å²) in [7, 11) is 0. The van der Waals surface area contributed by atoms with E-state index in [1.165, 1.54) is 32.1 Å². The first-order valence-corrected chi connectivity index (χ1v) is 9.99. The van der Waals surface area contributed by atoms with Crippen molar-refractivity contribution in [2.24, 2.45) is 5.92 Å². The Morgan fingerprint density at radius 2 is 1.72 bits per heavy atom. The normalized spacial score (nSPS) is 30.4. The van der Waals surface area contributed by atoms with Gasteiger partial charge in [0.2, 0.25) is 0 Å². The largest absolute Gasteiger partial charge is 0.393 e. The maximum Gasteiger partial charge on any atom is 0.254 e. The van der Waals surface area contributed by atoms with Gasteiger partial charge in [-0.3, -0.25) is 4.79 Å². The first-order chi connectivity index (χ1) is 12.1. The van der Waals surface area contributed by atoms with E-state index in [1.54, 1.807) is 0 Å². The average molecular weight is 342 g/mol. The molecule has 4 nitrogen and oxygen atoms in total. The van der Waals surface area contributed by atoms with Gasteiger partial charge in [-0.25, -0.2) is 0 Å². The Hall–Kier alpha value is -1.55. The minimum atomic E-state index is -0.155. The standard InChI is InChI=1S/C21H30N2O2/c1-15-14-17-4-2-3-5-20(17)23(15)21(25)16-6-8-18(9-7-16)22-12-10-19(24)11-13-22/h6-9,15,17,19-20,24H,2-5,10-14H2,1H3. The molecule has 3 aliphatic rings. The third-order valence-electron chi connectivity index (χ3n) is 6.52. The van der Waals surface area contributed by atoms with Crippen LogP contribution in [0.25, 0.3) is 0 Å². The highest BCUT2D eigenvalue weighted by Gasteiger charge is 2.42. The SMILES string of the molecule is CC1CC2CCCCC2N1C(=O)c1ccc(N2CCC(O)CC2)cc1. The van der Waals surface area contributed by atoms with Gasteiger partial charge in [-0.15, -0.1) is 0 Å². The van der Waals surface area contributed by atoms with Crippen molar-refractivity contribution in [1.82, 2.24) is 4.90 Å². The summed E-state index contributed by atoms with van der Waals surface area (Å²) < 4.78 is 0. The van der Waals surface area contributed by atoms with Crippen molar-refractivity contribution in [2.45, 2.75) is 70.1 Å². The molecule has 1 N–H and O–H groups in total. The molecule has 1 amide bonds. The molecule has 3 fully saturated rings. The molecule has 2 heterocycles. The Morgan fingerprint density at radius 1 is 1.04 bits per heavy atom. The van der Waals surface area contributed by atoms with Crippen molar-refractivity contribution in [1.29, 1.82) is 0 Å². The number of hydrogen-bond acceptors (Lipinski definition) is 3. The fourth-order valence-corrected chi connectivity index (χ4v) is 5.15. The Bertz CT molecular complexity index is 607. The second-order valence-electron chi connectivity index (χ2n) is 8.17. The van der Waals surface area contributed by atoms with Crippen LogP contribution in [0.15, 0.2) is 24.3 Å². The summed E-state index contributed by atoms with van der Waals surface area (Å²) in [6, 6.07) is 8.95. The molecule has 1 aliphatic carbocycles. The summed E-state index contributed by atoms with van der Waals surface area (Å²) in [5, 5.41) is 9.65. The topological polar surface area (TPSA) is 43.8 Å². The quantitative estimate of drug-likeness (QED) is 0.895. The van der Waals surface area contributed by atoms with Crippen molar-refractivity contribution in [3.05, 3.63) is 29.8 Å². The lowest BCUT2D eigenvalue weighted by atomic mass is 9.85. The van der Waals surface area contributed by atoms with Crippen LogP contribution in [0.5, 0.6) is 0 Å². The minimum Gasteiger partial charge on any atom is -0.393 e. The molecule has 3 atom stereocenters. The first-order valence-electron chi connectivity index (χ1n) is 9.99. The van der Waals surface area contributed by atoms with E-state index in [-0.39, 0.29) is 12.0 Å². The van der Waals surface area contributed by atoms with Crippen LogP contribution < -0.4 is 4.90 Å². The van der Waals surface area contributed by atoms with Gasteiger partial charge in [-0.05, 0) is 69.2 Å². The number of nitrogens with zero attached hydrogens (tertiary/aromatic N) is 2. The van der Waals surface area contributed by atoms with Crippen LogP contribution in [-0.4, -0.2) is 47.2 Å². The zero-order chi connectivity index (χ0) is 17.4. The van der Waals surface area contributed by atoms with E-state index in [0.717, 1.165) is 37.2 Å². The Balaban J connectivity index is 1.47. The van der Waals surface area contributed by atoms with Crippen molar-refractivity contribution in [2.75, 3.05) is 18.0 Å². The number of hydrogen-bond donors (Lipinski definition) is 1. The van der Waals surface area contributed by atoms with Gasteiger partial charge in [-0.2, -0.15) is 0 Å². The zero-order valence-corrected chi connectivity index (χ0v) is 15.2. The molecule has 1 saturated carbocycles. The third-order valence-corrected chi connectivity index (χ3v) is 6.52. The Morgan fingerprint density at radius 3 is 2.44 bits per heavy atom. The summed E-state index contributed by atoms with van der Waals surface area (Å²) in [6.45, 7) is 3.99. The van der Waals surface area contributed by atoms with Gasteiger partial charge >= 0.3 is 0 Å². The summed E-state index contributed by atoms with van der Waals surface area (Å²) in [5.74, 6) is 0.925. The number of amides is 1. The summed E-state index contributed by atoms with van der Waals surface area (Å²) >= 11 is 0. The number of rotatable bonds is 2. The fraction of sp³-hybridized carbons (Fsp3) is 0.667. The van der Waals surface area contributed by atoms with Crippen LogP contribution in [0.3, 0.4) is 0 Å². The molecule has 0 spiro atoms. The number of piperidine rings is 1. The fourth-order valence-electron chi connectivity index (χ4n) is 5.15. The smallest absolute Gasteiger partial charge is 0.254 e. The number of carbonyl (C=O) groups is 1. The van der Waals surface area contributed by atoms with Crippen LogP contribution in [0.2, 0.25) is 0 Å². The van der Waals surface area contributed by atoms with Gasteiger partial charge in [0.05, 0.1) is 6.10 Å². The van der Waals surface area contributed by atoms with Crippen LogP contribution in [0, 0.1) is 5.92 Å². The molecular formula is C21H30N2O2. The van der Waals surface area contributed by atoms with E-state index in [2.05, 4.69) is 28.9 Å². The number of aliphatic hydroxyl groups excluding tert-OH is 1. The van der Waals surface area contributed by atoms with E-state index in [1.807, 2.05) is 12.1 Å². The van der Waals surface area contributed by atoms with E-state index in [0.29, 0.717) is 18.0 Å². The third kappa shape index (κ3) is 3.29. The number of carbonyl (C=O) groups excluding carboxylic acids is 1. The second kappa shape index (κ2) is 6.99. The monoisotopic (exact) mass is 342 g/mol. The lowest BCUT2D eigenvalue weighted by Crippen LogP contribution is -2.42. The molecule has 4 rings (SSSR count). The van der Waals surface area contributed by atoms with Gasteiger partial charge in [0.15, 0.2) is 0 Å². The summed E-state index contributed by atoms with van der Waals surface area (Å²) in [4.78, 5) is 17.6. The lowest BCUT2D eigenvalue weighted by Gasteiger charge is -2.34. The van der Waals surface area contributed by atoms with Gasteiger partial charge in [0.25, 0.3) is 5.91 Å². The molecular weight excluding hydrogens is 312 g/mol. The second-order valence-corrected chi connectivity index (χ2v) is 8.17. The highest BCUT2D eigenvalue weighted by molar-refractivity contribution is 5.95. The summed E-state index contributed by atoms with van der Waals surface area (Å²) in [6.07, 6.45) is 7.73. The van der Waals surface area contributed by atoms with E-state index >= 15 is 0 Å². The minimum absolute atomic E-state index is 0.155. The predicted octanol–water partition coefficient (Wildman–Crippen LogP) is 3.44. The predicted molar refractivity (Wildman–Crippen MR) is 99.9 cm³/mol. The van der Waals surface area contributed by atoms with E-state index in [4.69, 9.17) is 0 Å².